The Morgan fingerprint density at radius 1 is 1.24 bits per heavy atom. The zero-order chi connectivity index (χ0) is 15.2. The van der Waals surface area contributed by atoms with Crippen molar-refractivity contribution >= 4 is 11.6 Å². The van der Waals surface area contributed by atoms with Gasteiger partial charge >= 0.3 is 0 Å². The van der Waals surface area contributed by atoms with Crippen LogP contribution >= 0.6 is 0 Å². The molecule has 0 unspecified atom stereocenters. The van der Waals surface area contributed by atoms with Crippen molar-refractivity contribution in [3.63, 3.8) is 0 Å². The fourth-order valence-corrected chi connectivity index (χ4v) is 2.13. The maximum absolute atomic E-state index is 11.5. The Balaban J connectivity index is 1.92. The van der Waals surface area contributed by atoms with Crippen LogP contribution in [0.15, 0.2) is 28.8 Å². The first-order valence-electron chi connectivity index (χ1n) is 7.11. The van der Waals surface area contributed by atoms with Crippen molar-refractivity contribution < 1.29 is 9.32 Å². The van der Waals surface area contributed by atoms with Gasteiger partial charge in [-0.2, -0.15) is 0 Å². The van der Waals surface area contributed by atoms with E-state index in [0.29, 0.717) is 19.5 Å². The minimum Gasteiger partial charge on any atom is -0.381 e. The first kappa shape index (κ1) is 15.1. The van der Waals surface area contributed by atoms with E-state index in [9.17, 15) is 4.79 Å². The third kappa shape index (κ3) is 4.08. The van der Waals surface area contributed by atoms with Crippen molar-refractivity contribution in [3.05, 3.63) is 46.8 Å². The number of aryl methyl sites for hydroxylation is 2. The Morgan fingerprint density at radius 2 is 1.95 bits per heavy atom. The van der Waals surface area contributed by atoms with E-state index in [0.717, 1.165) is 28.3 Å². The van der Waals surface area contributed by atoms with E-state index in [1.165, 1.54) is 0 Å². The van der Waals surface area contributed by atoms with E-state index in [4.69, 9.17) is 4.52 Å². The molecule has 0 saturated heterocycles. The van der Waals surface area contributed by atoms with Gasteiger partial charge in [-0.1, -0.05) is 17.3 Å². The standard InChI is InChI=1S/C16H21N3O2/c1-4-17-16(20)9-13-5-7-14(8-6-13)18-10-15-11(2)19-21-12(15)3/h5-8,18H,4,9-10H2,1-3H3,(H,17,20). The highest BCUT2D eigenvalue weighted by atomic mass is 16.5. The number of hydrogen-bond acceptors (Lipinski definition) is 4. The maximum Gasteiger partial charge on any atom is 0.224 e. The molecule has 0 aliphatic heterocycles. The van der Waals surface area contributed by atoms with Crippen molar-refractivity contribution in [1.82, 2.24) is 10.5 Å². The molecule has 21 heavy (non-hydrogen) atoms. The topological polar surface area (TPSA) is 67.2 Å². The molecule has 1 aromatic carbocycles. The number of benzene rings is 1. The Kier molecular flexibility index (Phi) is 4.98. The number of aromatic nitrogens is 1. The van der Waals surface area contributed by atoms with Crippen molar-refractivity contribution in [2.45, 2.75) is 33.7 Å². The summed E-state index contributed by atoms with van der Waals surface area (Å²) in [5, 5.41) is 10.1. The first-order valence-corrected chi connectivity index (χ1v) is 7.11. The van der Waals surface area contributed by atoms with Gasteiger partial charge in [-0.25, -0.2) is 0 Å². The maximum atomic E-state index is 11.5. The van der Waals surface area contributed by atoms with Crippen molar-refractivity contribution in [2.24, 2.45) is 0 Å². The molecule has 0 fully saturated rings. The smallest absolute Gasteiger partial charge is 0.224 e. The number of carbonyl (C=O) groups excluding carboxylic acids is 1. The number of likely N-dealkylation sites (N-methyl/N-ethyl adjacent to an activating group) is 1. The van der Waals surface area contributed by atoms with Crippen LogP contribution in [0, 0.1) is 13.8 Å². The Hall–Kier alpha value is -2.30. The number of nitrogens with zero attached hydrogens (tertiary/aromatic N) is 1. The summed E-state index contributed by atoms with van der Waals surface area (Å²) in [7, 11) is 0. The molecule has 0 spiro atoms. The number of nitrogens with one attached hydrogen (secondary N) is 2. The van der Waals surface area contributed by atoms with Gasteiger partial charge in [-0.15, -0.1) is 0 Å². The molecule has 0 bridgehead atoms. The van der Waals surface area contributed by atoms with E-state index < -0.39 is 0 Å². The summed E-state index contributed by atoms with van der Waals surface area (Å²) in [5.41, 5.74) is 4.01. The highest BCUT2D eigenvalue weighted by Crippen LogP contribution is 2.16. The summed E-state index contributed by atoms with van der Waals surface area (Å²) in [6.45, 7) is 7.10. The van der Waals surface area contributed by atoms with Gasteiger partial charge in [0, 0.05) is 24.3 Å². The number of amides is 1. The quantitative estimate of drug-likeness (QED) is 0.857. The summed E-state index contributed by atoms with van der Waals surface area (Å²) in [6, 6.07) is 7.88. The second-order valence-electron chi connectivity index (χ2n) is 4.98. The van der Waals surface area contributed by atoms with Gasteiger partial charge in [0.25, 0.3) is 0 Å². The lowest BCUT2D eigenvalue weighted by molar-refractivity contribution is -0.120. The second-order valence-corrected chi connectivity index (χ2v) is 4.98. The lowest BCUT2D eigenvalue weighted by Gasteiger charge is -2.07. The highest BCUT2D eigenvalue weighted by Gasteiger charge is 2.08. The van der Waals surface area contributed by atoms with Crippen LogP contribution in [0.25, 0.3) is 0 Å². The van der Waals surface area contributed by atoms with Crippen molar-refractivity contribution in [3.8, 4) is 0 Å². The van der Waals surface area contributed by atoms with E-state index >= 15 is 0 Å². The fraction of sp³-hybridized carbons (Fsp3) is 0.375. The lowest BCUT2D eigenvalue weighted by Crippen LogP contribution is -2.24. The van der Waals surface area contributed by atoms with Crippen LogP contribution in [0.5, 0.6) is 0 Å². The van der Waals surface area contributed by atoms with E-state index in [1.54, 1.807) is 0 Å². The van der Waals surface area contributed by atoms with Crippen LogP contribution in [0.2, 0.25) is 0 Å². The third-order valence-electron chi connectivity index (χ3n) is 3.34. The lowest BCUT2D eigenvalue weighted by atomic mass is 10.1. The van der Waals surface area contributed by atoms with Gasteiger partial charge in [0.05, 0.1) is 12.1 Å². The largest absolute Gasteiger partial charge is 0.381 e. The SMILES string of the molecule is CCNC(=O)Cc1ccc(NCc2c(C)noc2C)cc1. The summed E-state index contributed by atoms with van der Waals surface area (Å²) in [6.07, 6.45) is 0.415. The Bertz CT molecular complexity index is 583. The molecule has 0 atom stereocenters. The molecule has 1 heterocycles. The molecule has 5 heteroatoms. The number of anilines is 1. The molecule has 2 aromatic rings. The fourth-order valence-electron chi connectivity index (χ4n) is 2.13. The van der Waals surface area contributed by atoms with E-state index in [1.807, 2.05) is 45.0 Å². The van der Waals surface area contributed by atoms with Crippen LogP contribution in [-0.4, -0.2) is 17.6 Å². The normalized spacial score (nSPS) is 10.4. The minimum absolute atomic E-state index is 0.0499. The van der Waals surface area contributed by atoms with E-state index in [2.05, 4.69) is 15.8 Å². The molecule has 1 amide bonds. The van der Waals surface area contributed by atoms with Crippen molar-refractivity contribution in [1.29, 1.82) is 0 Å². The Morgan fingerprint density at radius 3 is 2.52 bits per heavy atom. The molecule has 0 aliphatic carbocycles. The van der Waals surface area contributed by atoms with Gasteiger partial charge < -0.3 is 15.2 Å². The molecule has 0 saturated carbocycles. The van der Waals surface area contributed by atoms with Crippen LogP contribution < -0.4 is 10.6 Å². The van der Waals surface area contributed by atoms with Crippen molar-refractivity contribution in [2.75, 3.05) is 11.9 Å². The predicted octanol–water partition coefficient (Wildman–Crippen LogP) is 2.58. The average Bonchev–Trinajstić information content (AvgIpc) is 2.78. The van der Waals surface area contributed by atoms with Gasteiger partial charge in [0.1, 0.15) is 5.76 Å². The molecule has 2 N–H and O–H groups in total. The van der Waals surface area contributed by atoms with Gasteiger partial charge in [-0.05, 0) is 38.5 Å². The molecule has 0 aliphatic rings. The van der Waals surface area contributed by atoms with Gasteiger partial charge in [0.15, 0.2) is 0 Å². The summed E-state index contributed by atoms with van der Waals surface area (Å²) in [4.78, 5) is 11.5. The van der Waals surface area contributed by atoms with Gasteiger partial charge in [0.2, 0.25) is 5.91 Å². The highest BCUT2D eigenvalue weighted by molar-refractivity contribution is 5.78. The summed E-state index contributed by atoms with van der Waals surface area (Å²) >= 11 is 0. The molecule has 1 aromatic heterocycles. The molecular formula is C16H21N3O2. The van der Waals surface area contributed by atoms with Crippen LogP contribution in [-0.2, 0) is 17.8 Å². The summed E-state index contributed by atoms with van der Waals surface area (Å²) < 4.78 is 5.14. The second kappa shape index (κ2) is 6.92. The zero-order valence-electron chi connectivity index (χ0n) is 12.7. The third-order valence-corrected chi connectivity index (χ3v) is 3.34. The Labute approximate surface area is 124 Å². The molecule has 2 rings (SSSR count). The minimum atomic E-state index is 0.0499. The summed E-state index contributed by atoms with van der Waals surface area (Å²) in [5.74, 6) is 0.891. The van der Waals surface area contributed by atoms with Crippen LogP contribution in [0.3, 0.4) is 0 Å². The number of rotatable bonds is 6. The number of carbonyl (C=O) groups is 1. The monoisotopic (exact) mass is 287 g/mol. The predicted molar refractivity (Wildman–Crippen MR) is 82.1 cm³/mol. The molecular weight excluding hydrogens is 266 g/mol. The van der Waals surface area contributed by atoms with E-state index in [-0.39, 0.29) is 5.91 Å². The average molecular weight is 287 g/mol. The van der Waals surface area contributed by atoms with Crippen LogP contribution in [0.4, 0.5) is 5.69 Å². The zero-order valence-corrected chi connectivity index (χ0v) is 12.7. The first-order chi connectivity index (χ1) is 10.1. The van der Waals surface area contributed by atoms with Gasteiger partial charge in [-0.3, -0.25) is 4.79 Å². The number of hydrogen-bond donors (Lipinski definition) is 2. The molecule has 0 radical (unpaired) electrons. The molecule has 112 valence electrons. The molecule has 5 nitrogen and oxygen atoms in total. The van der Waals surface area contributed by atoms with Crippen LogP contribution in [0.1, 0.15) is 29.5 Å².